The summed E-state index contributed by atoms with van der Waals surface area (Å²) in [6.07, 6.45) is 1.77. The van der Waals surface area contributed by atoms with E-state index in [4.69, 9.17) is 9.84 Å². The molecule has 0 bridgehead atoms. The maximum absolute atomic E-state index is 11.6. The molecule has 1 aliphatic rings. The van der Waals surface area contributed by atoms with Crippen LogP contribution in [-0.4, -0.2) is 36.2 Å². The number of carbonyl (C=O) groups excluding carboxylic acids is 1. The largest absolute Gasteiger partial charge is 0.480 e. The summed E-state index contributed by atoms with van der Waals surface area (Å²) in [5.41, 5.74) is 0. The van der Waals surface area contributed by atoms with Crippen LogP contribution >= 0.6 is 0 Å². The van der Waals surface area contributed by atoms with Crippen molar-refractivity contribution in [3.63, 3.8) is 0 Å². The van der Waals surface area contributed by atoms with Crippen LogP contribution in [0.2, 0.25) is 0 Å². The van der Waals surface area contributed by atoms with Crippen LogP contribution in [0.25, 0.3) is 0 Å². The SMILES string of the molecule is CC[C@@H](NC(=O)C1CCOCC1)C(=O)O. The minimum Gasteiger partial charge on any atom is -0.480 e. The van der Waals surface area contributed by atoms with E-state index in [1.165, 1.54) is 0 Å². The number of hydrogen-bond donors (Lipinski definition) is 2. The van der Waals surface area contributed by atoms with Gasteiger partial charge in [-0.15, -0.1) is 0 Å². The quantitative estimate of drug-likeness (QED) is 0.711. The third-order valence-corrected chi connectivity index (χ3v) is 2.61. The Morgan fingerprint density at radius 3 is 2.53 bits per heavy atom. The first-order chi connectivity index (χ1) is 7.15. The van der Waals surface area contributed by atoms with Gasteiger partial charge in [-0.3, -0.25) is 4.79 Å². The summed E-state index contributed by atoms with van der Waals surface area (Å²) >= 11 is 0. The second-order valence-electron chi connectivity index (χ2n) is 3.69. The molecule has 1 heterocycles. The number of ether oxygens (including phenoxy) is 1. The van der Waals surface area contributed by atoms with Crippen molar-refractivity contribution in [3.05, 3.63) is 0 Å². The van der Waals surface area contributed by atoms with E-state index < -0.39 is 12.0 Å². The molecule has 0 aliphatic carbocycles. The van der Waals surface area contributed by atoms with Gasteiger partial charge in [-0.25, -0.2) is 4.79 Å². The zero-order valence-electron chi connectivity index (χ0n) is 8.86. The monoisotopic (exact) mass is 215 g/mol. The summed E-state index contributed by atoms with van der Waals surface area (Å²) < 4.78 is 5.13. The van der Waals surface area contributed by atoms with E-state index in [1.54, 1.807) is 6.92 Å². The summed E-state index contributed by atoms with van der Waals surface area (Å²) in [6, 6.07) is -0.764. The summed E-state index contributed by atoms with van der Waals surface area (Å²) in [5.74, 6) is -1.22. The highest BCUT2D eigenvalue weighted by atomic mass is 16.5. The fourth-order valence-corrected chi connectivity index (χ4v) is 1.59. The highest BCUT2D eigenvalue weighted by Crippen LogP contribution is 2.14. The predicted octanol–water partition coefficient (Wildman–Crippen LogP) is 0.392. The zero-order chi connectivity index (χ0) is 11.3. The lowest BCUT2D eigenvalue weighted by molar-refractivity contribution is -0.143. The molecule has 0 saturated carbocycles. The first-order valence-electron chi connectivity index (χ1n) is 5.26. The average Bonchev–Trinajstić information content (AvgIpc) is 2.26. The van der Waals surface area contributed by atoms with Crippen LogP contribution in [0.4, 0.5) is 0 Å². The lowest BCUT2D eigenvalue weighted by Gasteiger charge is -2.23. The number of aliphatic carboxylic acids is 1. The molecule has 1 atom stereocenters. The molecule has 1 amide bonds. The minimum absolute atomic E-state index is 0.0906. The predicted molar refractivity (Wildman–Crippen MR) is 53.4 cm³/mol. The van der Waals surface area contributed by atoms with Gasteiger partial charge in [-0.2, -0.15) is 0 Å². The number of hydrogen-bond acceptors (Lipinski definition) is 3. The van der Waals surface area contributed by atoms with Crippen LogP contribution in [-0.2, 0) is 14.3 Å². The molecule has 0 radical (unpaired) electrons. The van der Waals surface area contributed by atoms with E-state index in [0.29, 0.717) is 32.5 Å². The highest BCUT2D eigenvalue weighted by Gasteiger charge is 2.25. The van der Waals surface area contributed by atoms with Gasteiger partial charge in [0.1, 0.15) is 6.04 Å². The molecule has 0 aromatic rings. The third kappa shape index (κ3) is 3.51. The van der Waals surface area contributed by atoms with Crippen molar-refractivity contribution in [2.45, 2.75) is 32.2 Å². The Morgan fingerprint density at radius 2 is 2.07 bits per heavy atom. The molecule has 2 N–H and O–H groups in total. The van der Waals surface area contributed by atoms with Gasteiger partial charge >= 0.3 is 5.97 Å². The molecule has 5 nitrogen and oxygen atoms in total. The first-order valence-corrected chi connectivity index (χ1v) is 5.26. The second-order valence-corrected chi connectivity index (χ2v) is 3.69. The van der Waals surface area contributed by atoms with Gasteiger partial charge in [0, 0.05) is 19.1 Å². The third-order valence-electron chi connectivity index (χ3n) is 2.61. The Morgan fingerprint density at radius 1 is 1.47 bits per heavy atom. The molecule has 0 aromatic heterocycles. The fourth-order valence-electron chi connectivity index (χ4n) is 1.59. The van der Waals surface area contributed by atoms with Gasteiger partial charge in [0.25, 0.3) is 0 Å². The van der Waals surface area contributed by atoms with E-state index in [9.17, 15) is 9.59 Å². The van der Waals surface area contributed by atoms with Crippen molar-refractivity contribution >= 4 is 11.9 Å². The fraction of sp³-hybridized carbons (Fsp3) is 0.800. The van der Waals surface area contributed by atoms with Crippen LogP contribution in [0.5, 0.6) is 0 Å². The van der Waals surface area contributed by atoms with Crippen LogP contribution in [0.1, 0.15) is 26.2 Å². The number of amides is 1. The van der Waals surface area contributed by atoms with Gasteiger partial charge in [0.2, 0.25) is 5.91 Å². The van der Waals surface area contributed by atoms with Crippen LogP contribution in [0, 0.1) is 5.92 Å². The summed E-state index contributed by atoms with van der Waals surface area (Å²) in [6.45, 7) is 2.91. The second kappa shape index (κ2) is 5.70. The number of nitrogens with one attached hydrogen (secondary N) is 1. The standard InChI is InChI=1S/C10H17NO4/c1-2-8(10(13)14)11-9(12)7-3-5-15-6-4-7/h7-8H,2-6H2,1H3,(H,11,12)(H,13,14)/t8-/m1/s1. The lowest BCUT2D eigenvalue weighted by Crippen LogP contribution is -2.44. The maximum Gasteiger partial charge on any atom is 0.326 e. The molecule has 1 rings (SSSR count). The van der Waals surface area contributed by atoms with Crippen molar-refractivity contribution in [1.82, 2.24) is 5.32 Å². The first kappa shape index (κ1) is 12.0. The van der Waals surface area contributed by atoms with Crippen LogP contribution in [0.15, 0.2) is 0 Å². The number of carboxylic acids is 1. The van der Waals surface area contributed by atoms with Crippen molar-refractivity contribution in [1.29, 1.82) is 0 Å². The van der Waals surface area contributed by atoms with E-state index in [1.807, 2.05) is 0 Å². The Kier molecular flexibility index (Phi) is 4.55. The lowest BCUT2D eigenvalue weighted by atomic mass is 9.99. The van der Waals surface area contributed by atoms with Crippen molar-refractivity contribution in [2.24, 2.45) is 5.92 Å². The molecular formula is C10H17NO4. The molecule has 0 aromatic carbocycles. The van der Waals surface area contributed by atoms with Gasteiger partial charge in [-0.1, -0.05) is 6.92 Å². The van der Waals surface area contributed by atoms with Crippen LogP contribution in [0.3, 0.4) is 0 Å². The van der Waals surface area contributed by atoms with Crippen molar-refractivity contribution in [2.75, 3.05) is 13.2 Å². The summed E-state index contributed by atoms with van der Waals surface area (Å²) in [5, 5.41) is 11.3. The Hall–Kier alpha value is -1.10. The Balaban J connectivity index is 2.42. The molecule has 86 valence electrons. The summed E-state index contributed by atoms with van der Waals surface area (Å²) in [7, 11) is 0. The molecule has 1 saturated heterocycles. The van der Waals surface area contributed by atoms with Gasteiger partial charge in [-0.05, 0) is 19.3 Å². The molecule has 5 heteroatoms. The van der Waals surface area contributed by atoms with Crippen molar-refractivity contribution < 1.29 is 19.4 Å². The maximum atomic E-state index is 11.6. The molecule has 1 fully saturated rings. The van der Waals surface area contributed by atoms with E-state index >= 15 is 0 Å². The van der Waals surface area contributed by atoms with Crippen LogP contribution < -0.4 is 5.32 Å². The molecule has 1 aliphatic heterocycles. The van der Waals surface area contributed by atoms with Gasteiger partial charge in [0.05, 0.1) is 0 Å². The normalized spacial score (nSPS) is 19.5. The highest BCUT2D eigenvalue weighted by molar-refractivity contribution is 5.84. The smallest absolute Gasteiger partial charge is 0.326 e. The summed E-state index contributed by atoms with van der Waals surface area (Å²) in [4.78, 5) is 22.4. The van der Waals surface area contributed by atoms with Gasteiger partial charge in [0.15, 0.2) is 0 Å². The average molecular weight is 215 g/mol. The van der Waals surface area contributed by atoms with Crippen molar-refractivity contribution in [3.8, 4) is 0 Å². The molecule has 0 unspecified atom stereocenters. The number of carboxylic acid groups (broad SMARTS) is 1. The van der Waals surface area contributed by atoms with E-state index in [0.717, 1.165) is 0 Å². The minimum atomic E-state index is -0.974. The topological polar surface area (TPSA) is 75.6 Å². The van der Waals surface area contributed by atoms with Gasteiger partial charge < -0.3 is 15.2 Å². The molecular weight excluding hydrogens is 198 g/mol. The zero-order valence-corrected chi connectivity index (χ0v) is 8.86. The Bertz CT molecular complexity index is 236. The number of rotatable bonds is 4. The molecule has 15 heavy (non-hydrogen) atoms. The Labute approximate surface area is 88.8 Å². The van der Waals surface area contributed by atoms with E-state index in [-0.39, 0.29) is 11.8 Å². The number of carbonyl (C=O) groups is 2. The van der Waals surface area contributed by atoms with E-state index in [2.05, 4.69) is 5.32 Å². The molecule has 0 spiro atoms.